The molecular weight excluding hydrogens is 913 g/mol. The molecule has 74 heavy (non-hydrogen) atoms. The molecule has 1 unspecified atom stereocenters. The Labute approximate surface area is 459 Å². The van der Waals surface area contributed by atoms with Crippen molar-refractivity contribution in [2.45, 2.75) is 329 Å². The zero-order valence-electron chi connectivity index (χ0n) is 49.1. The van der Waals surface area contributed by atoms with E-state index in [0.717, 1.165) is 103 Å². The van der Waals surface area contributed by atoms with Gasteiger partial charge in [-0.2, -0.15) is 0 Å². The van der Waals surface area contributed by atoms with Crippen molar-refractivity contribution in [1.82, 2.24) is 0 Å². The molecule has 6 heteroatoms. The lowest BCUT2D eigenvalue weighted by Gasteiger charge is -2.18. The first-order valence-electron chi connectivity index (χ1n) is 31.9. The predicted molar refractivity (Wildman–Crippen MR) is 321 cm³/mol. The fourth-order valence-corrected chi connectivity index (χ4v) is 9.21. The van der Waals surface area contributed by atoms with Gasteiger partial charge in [0, 0.05) is 19.3 Å². The van der Waals surface area contributed by atoms with E-state index in [-0.39, 0.29) is 31.1 Å². The normalized spacial score (nSPS) is 12.5. The topological polar surface area (TPSA) is 78.9 Å². The zero-order chi connectivity index (χ0) is 53.6. The molecule has 0 aromatic rings. The van der Waals surface area contributed by atoms with Gasteiger partial charge in [0.05, 0.1) is 0 Å². The van der Waals surface area contributed by atoms with E-state index in [1.807, 2.05) is 0 Å². The van der Waals surface area contributed by atoms with Crippen molar-refractivity contribution in [3.05, 3.63) is 72.9 Å². The van der Waals surface area contributed by atoms with Crippen LogP contribution in [0.25, 0.3) is 0 Å². The maximum atomic E-state index is 12.9. The van der Waals surface area contributed by atoms with Gasteiger partial charge in [0.2, 0.25) is 0 Å². The molecule has 0 aliphatic rings. The van der Waals surface area contributed by atoms with Crippen LogP contribution in [0.5, 0.6) is 0 Å². The number of hydrogen-bond donors (Lipinski definition) is 0. The van der Waals surface area contributed by atoms with Crippen molar-refractivity contribution in [3.63, 3.8) is 0 Å². The monoisotopic (exact) mass is 1030 g/mol. The van der Waals surface area contributed by atoms with E-state index < -0.39 is 6.10 Å². The fourth-order valence-electron chi connectivity index (χ4n) is 9.21. The molecule has 0 spiro atoms. The smallest absolute Gasteiger partial charge is 0.306 e. The summed E-state index contributed by atoms with van der Waals surface area (Å²) in [4.78, 5) is 38.2. The predicted octanol–water partition coefficient (Wildman–Crippen LogP) is 21.7. The van der Waals surface area contributed by atoms with Crippen molar-refractivity contribution in [3.8, 4) is 0 Å². The molecule has 0 saturated heterocycles. The highest BCUT2D eigenvalue weighted by Crippen LogP contribution is 2.17. The molecule has 1 atom stereocenters. The Bertz CT molecular complexity index is 1370. The highest BCUT2D eigenvalue weighted by molar-refractivity contribution is 5.71. The van der Waals surface area contributed by atoms with E-state index in [2.05, 4.69) is 93.7 Å². The third-order valence-corrected chi connectivity index (χ3v) is 14.0. The molecule has 428 valence electrons. The summed E-state index contributed by atoms with van der Waals surface area (Å²) in [5, 5.41) is 0. The Morgan fingerprint density at radius 1 is 0.284 bits per heavy atom. The highest BCUT2D eigenvalue weighted by Gasteiger charge is 2.19. The van der Waals surface area contributed by atoms with Gasteiger partial charge in [-0.1, -0.05) is 306 Å². The van der Waals surface area contributed by atoms with Crippen LogP contribution in [-0.4, -0.2) is 37.2 Å². The summed E-state index contributed by atoms with van der Waals surface area (Å²) in [6.07, 6.45) is 80.5. The first-order valence-corrected chi connectivity index (χ1v) is 31.9. The second-order valence-electron chi connectivity index (χ2n) is 21.3. The minimum Gasteiger partial charge on any atom is -0.462 e. The van der Waals surface area contributed by atoms with Gasteiger partial charge in [0.1, 0.15) is 13.2 Å². The number of ether oxygens (including phenoxy) is 3. The lowest BCUT2D eigenvalue weighted by atomic mass is 10.0. The Kier molecular flexibility index (Phi) is 59.7. The molecule has 0 rings (SSSR count). The maximum Gasteiger partial charge on any atom is 0.306 e. The summed E-state index contributed by atoms with van der Waals surface area (Å²) in [5.41, 5.74) is 0. The van der Waals surface area contributed by atoms with Gasteiger partial charge in [-0.15, -0.1) is 0 Å². The molecule has 0 aliphatic carbocycles. The molecule has 0 amide bonds. The Morgan fingerprint density at radius 2 is 0.527 bits per heavy atom. The van der Waals surface area contributed by atoms with Gasteiger partial charge in [0.25, 0.3) is 0 Å². The van der Waals surface area contributed by atoms with Crippen molar-refractivity contribution in [1.29, 1.82) is 0 Å². The van der Waals surface area contributed by atoms with Gasteiger partial charge < -0.3 is 14.2 Å². The van der Waals surface area contributed by atoms with Gasteiger partial charge in [-0.05, 0) is 70.6 Å². The lowest BCUT2D eigenvalue weighted by Crippen LogP contribution is -2.30. The second-order valence-corrected chi connectivity index (χ2v) is 21.3. The second kappa shape index (κ2) is 62.4. The van der Waals surface area contributed by atoms with E-state index in [0.29, 0.717) is 19.3 Å². The van der Waals surface area contributed by atoms with Crippen LogP contribution in [0, 0.1) is 0 Å². The van der Waals surface area contributed by atoms with E-state index in [4.69, 9.17) is 14.2 Å². The zero-order valence-corrected chi connectivity index (χ0v) is 49.1. The van der Waals surface area contributed by atoms with Gasteiger partial charge in [-0.3, -0.25) is 14.4 Å². The van der Waals surface area contributed by atoms with Crippen LogP contribution < -0.4 is 0 Å². The number of hydrogen-bond acceptors (Lipinski definition) is 6. The molecule has 0 aliphatic heterocycles. The van der Waals surface area contributed by atoms with Crippen molar-refractivity contribution in [2.75, 3.05) is 13.2 Å². The number of unbranched alkanes of at least 4 members (excludes halogenated alkanes) is 35. The molecule has 0 aromatic carbocycles. The first-order chi connectivity index (χ1) is 36.5. The van der Waals surface area contributed by atoms with Crippen LogP contribution in [0.1, 0.15) is 323 Å². The van der Waals surface area contributed by atoms with Crippen LogP contribution in [0.15, 0.2) is 72.9 Å². The van der Waals surface area contributed by atoms with Crippen LogP contribution in [0.4, 0.5) is 0 Å². The number of allylic oxidation sites excluding steroid dienone is 12. The van der Waals surface area contributed by atoms with Crippen LogP contribution in [0.2, 0.25) is 0 Å². The largest absolute Gasteiger partial charge is 0.462 e. The maximum absolute atomic E-state index is 12.9. The molecule has 0 saturated carbocycles. The van der Waals surface area contributed by atoms with Crippen LogP contribution in [0.3, 0.4) is 0 Å². The first kappa shape index (κ1) is 70.8. The molecule has 0 fully saturated rings. The van der Waals surface area contributed by atoms with Crippen LogP contribution >= 0.6 is 0 Å². The molecule has 6 nitrogen and oxygen atoms in total. The van der Waals surface area contributed by atoms with E-state index in [9.17, 15) is 14.4 Å². The highest BCUT2D eigenvalue weighted by atomic mass is 16.6. The third kappa shape index (κ3) is 59.7. The Balaban J connectivity index is 4.30. The van der Waals surface area contributed by atoms with Crippen LogP contribution in [-0.2, 0) is 28.6 Å². The quantitative estimate of drug-likeness (QED) is 0.0261. The van der Waals surface area contributed by atoms with E-state index in [1.165, 1.54) is 180 Å². The summed E-state index contributed by atoms with van der Waals surface area (Å²) < 4.78 is 16.9. The van der Waals surface area contributed by atoms with E-state index >= 15 is 0 Å². The van der Waals surface area contributed by atoms with Crippen molar-refractivity contribution in [2.24, 2.45) is 0 Å². The Morgan fingerprint density at radius 3 is 0.824 bits per heavy atom. The van der Waals surface area contributed by atoms with E-state index in [1.54, 1.807) is 0 Å². The lowest BCUT2D eigenvalue weighted by molar-refractivity contribution is -0.167. The molecule has 0 heterocycles. The third-order valence-electron chi connectivity index (χ3n) is 14.0. The average molecular weight is 1030 g/mol. The standard InChI is InChI=1S/C68H120O6/c1-4-7-10-13-16-19-22-24-26-28-30-32-33-34-35-36-38-39-41-43-46-49-52-55-58-61-67(70)73-64-65(63-72-66(69)60-57-54-51-48-45-21-18-15-12-9-6-3)74-68(71)62-59-56-53-50-47-44-42-40-37-31-29-27-25-23-20-17-14-11-8-5-2/h7,10,16,19,24,26,30,32,34-35,38-39,65H,4-6,8-9,11-15,17-18,20-23,25,27-29,31,33,36-37,40-64H2,1-3H3/b10-7-,19-16-,26-24-,32-30-,35-34-,39-38-. The molecule has 0 radical (unpaired) electrons. The molecule has 0 N–H and O–H groups in total. The summed E-state index contributed by atoms with van der Waals surface area (Å²) >= 11 is 0. The molecule has 0 aromatic heterocycles. The van der Waals surface area contributed by atoms with Gasteiger partial charge in [0.15, 0.2) is 6.10 Å². The summed E-state index contributed by atoms with van der Waals surface area (Å²) in [5.74, 6) is -0.875. The average Bonchev–Trinajstić information content (AvgIpc) is 3.40. The number of esters is 3. The summed E-state index contributed by atoms with van der Waals surface area (Å²) in [6, 6.07) is 0. The summed E-state index contributed by atoms with van der Waals surface area (Å²) in [6.45, 7) is 6.55. The number of carbonyl (C=O) groups is 3. The molecule has 0 bridgehead atoms. The Hall–Kier alpha value is -3.15. The van der Waals surface area contributed by atoms with Gasteiger partial charge >= 0.3 is 17.9 Å². The van der Waals surface area contributed by atoms with Gasteiger partial charge in [-0.25, -0.2) is 0 Å². The number of rotatable bonds is 58. The minimum absolute atomic E-state index is 0.0757. The van der Waals surface area contributed by atoms with Crippen molar-refractivity contribution < 1.29 is 28.6 Å². The number of carbonyl (C=O) groups excluding carboxylic acids is 3. The fraction of sp³-hybridized carbons (Fsp3) is 0.779. The summed E-state index contributed by atoms with van der Waals surface area (Å²) in [7, 11) is 0. The minimum atomic E-state index is -0.779. The van der Waals surface area contributed by atoms with Crippen molar-refractivity contribution >= 4 is 17.9 Å². The molecular formula is C68H120O6. The SMILES string of the molecule is CC/C=C\C/C=C\C/C=C\C/C=C\C/C=C\C/C=C\CCCCCCCCC(=O)OCC(COC(=O)CCCCCCCCCCCCC)OC(=O)CCCCCCCCCCCCCCCCCCCCCC.